The van der Waals surface area contributed by atoms with Crippen molar-refractivity contribution >= 4 is 29.0 Å². The van der Waals surface area contributed by atoms with E-state index in [4.69, 9.17) is 23.2 Å². The molecular formula is C18H16Cl2FNO2. The van der Waals surface area contributed by atoms with Gasteiger partial charge in [-0.15, -0.1) is 0 Å². The second kappa shape index (κ2) is 6.79. The number of rotatable bonds is 4. The summed E-state index contributed by atoms with van der Waals surface area (Å²) in [6.07, 6.45) is 1.14. The van der Waals surface area contributed by atoms with Crippen LogP contribution in [0.1, 0.15) is 42.2 Å². The van der Waals surface area contributed by atoms with Crippen molar-refractivity contribution in [3.63, 3.8) is 0 Å². The zero-order valence-corrected chi connectivity index (χ0v) is 14.3. The van der Waals surface area contributed by atoms with Gasteiger partial charge in [0.25, 0.3) is 0 Å². The summed E-state index contributed by atoms with van der Waals surface area (Å²) >= 11 is 12.0. The predicted molar refractivity (Wildman–Crippen MR) is 91.0 cm³/mol. The Kier molecular flexibility index (Phi) is 4.90. The van der Waals surface area contributed by atoms with Gasteiger partial charge in [-0.1, -0.05) is 35.3 Å². The molecule has 3 nitrogen and oxygen atoms in total. The SMILES string of the molecule is O=C(CCc1ccc(Cl)cc1Cl)C1(F)CCC(O)c2ncccc21. The molecule has 2 atom stereocenters. The molecule has 0 saturated carbocycles. The lowest BCUT2D eigenvalue weighted by atomic mass is 9.77. The summed E-state index contributed by atoms with van der Waals surface area (Å²) in [4.78, 5) is 16.6. The molecule has 2 unspecified atom stereocenters. The minimum Gasteiger partial charge on any atom is -0.387 e. The van der Waals surface area contributed by atoms with E-state index in [-0.39, 0.29) is 30.5 Å². The highest BCUT2D eigenvalue weighted by molar-refractivity contribution is 6.35. The Bertz CT molecular complexity index is 783. The molecule has 0 radical (unpaired) electrons. The summed E-state index contributed by atoms with van der Waals surface area (Å²) in [5.74, 6) is -0.519. The summed E-state index contributed by atoms with van der Waals surface area (Å²) in [5, 5.41) is 10.9. The number of aryl methyl sites for hydroxylation is 1. The number of aromatic nitrogens is 1. The lowest BCUT2D eigenvalue weighted by molar-refractivity contribution is -0.133. The quantitative estimate of drug-likeness (QED) is 0.859. The van der Waals surface area contributed by atoms with Crippen molar-refractivity contribution in [3.05, 3.63) is 63.4 Å². The maximum Gasteiger partial charge on any atom is 0.195 e. The van der Waals surface area contributed by atoms with Crippen LogP contribution in [0, 0.1) is 0 Å². The Hall–Kier alpha value is -1.49. The summed E-state index contributed by atoms with van der Waals surface area (Å²) < 4.78 is 15.4. The van der Waals surface area contributed by atoms with Gasteiger partial charge in [-0.25, -0.2) is 4.39 Å². The van der Waals surface area contributed by atoms with E-state index in [9.17, 15) is 9.90 Å². The van der Waals surface area contributed by atoms with Gasteiger partial charge >= 0.3 is 0 Å². The number of benzene rings is 1. The highest BCUT2D eigenvalue weighted by Crippen LogP contribution is 2.43. The zero-order valence-electron chi connectivity index (χ0n) is 12.8. The second-order valence-electron chi connectivity index (χ2n) is 5.95. The van der Waals surface area contributed by atoms with E-state index in [1.807, 2.05) is 0 Å². The van der Waals surface area contributed by atoms with E-state index in [1.54, 1.807) is 24.3 Å². The fraction of sp³-hybridized carbons (Fsp3) is 0.333. The first-order chi connectivity index (χ1) is 11.4. The molecule has 1 aromatic carbocycles. The Morgan fingerprint density at radius 1 is 1.38 bits per heavy atom. The minimum atomic E-state index is -2.11. The monoisotopic (exact) mass is 367 g/mol. The third-order valence-corrected chi connectivity index (χ3v) is 5.01. The summed E-state index contributed by atoms with van der Waals surface area (Å²) in [6, 6.07) is 8.13. The molecule has 24 heavy (non-hydrogen) atoms. The number of halogens is 3. The number of alkyl halides is 1. The third-order valence-electron chi connectivity index (χ3n) is 4.42. The van der Waals surface area contributed by atoms with Crippen molar-refractivity contribution < 1.29 is 14.3 Å². The number of aliphatic hydroxyl groups is 1. The molecule has 3 rings (SSSR count). The van der Waals surface area contributed by atoms with E-state index >= 15 is 4.39 Å². The molecule has 0 fully saturated rings. The molecule has 0 amide bonds. The Morgan fingerprint density at radius 3 is 2.92 bits per heavy atom. The molecule has 1 aromatic heterocycles. The molecule has 0 aliphatic heterocycles. The van der Waals surface area contributed by atoms with E-state index in [2.05, 4.69) is 4.98 Å². The average Bonchev–Trinajstić information content (AvgIpc) is 2.57. The lowest BCUT2D eigenvalue weighted by Crippen LogP contribution is -2.36. The number of fused-ring (bicyclic) bond motifs is 1. The summed E-state index contributed by atoms with van der Waals surface area (Å²) in [5.41, 5.74) is -0.929. The van der Waals surface area contributed by atoms with Crippen LogP contribution in [0.4, 0.5) is 4.39 Å². The van der Waals surface area contributed by atoms with Crippen LogP contribution in [0.5, 0.6) is 0 Å². The van der Waals surface area contributed by atoms with Crippen LogP contribution < -0.4 is 0 Å². The van der Waals surface area contributed by atoms with E-state index in [1.165, 1.54) is 12.3 Å². The van der Waals surface area contributed by atoms with Crippen molar-refractivity contribution in [1.29, 1.82) is 0 Å². The van der Waals surface area contributed by atoms with Gasteiger partial charge in [-0.05, 0) is 43.0 Å². The molecule has 1 aliphatic rings. The molecular weight excluding hydrogens is 352 g/mol. The fourth-order valence-electron chi connectivity index (χ4n) is 3.09. The van der Waals surface area contributed by atoms with Crippen LogP contribution in [0.15, 0.2) is 36.5 Å². The van der Waals surface area contributed by atoms with Crippen molar-refractivity contribution in [2.45, 2.75) is 37.5 Å². The maximum atomic E-state index is 15.4. The number of ketones is 1. The first kappa shape index (κ1) is 17.3. The largest absolute Gasteiger partial charge is 0.387 e. The molecule has 6 heteroatoms. The van der Waals surface area contributed by atoms with E-state index in [0.717, 1.165) is 5.56 Å². The smallest absolute Gasteiger partial charge is 0.195 e. The van der Waals surface area contributed by atoms with Gasteiger partial charge in [-0.2, -0.15) is 0 Å². The molecule has 126 valence electrons. The maximum absolute atomic E-state index is 15.4. The highest BCUT2D eigenvalue weighted by Gasteiger charge is 2.45. The molecule has 0 spiro atoms. The first-order valence-electron chi connectivity index (χ1n) is 7.71. The first-order valence-corrected chi connectivity index (χ1v) is 8.47. The number of pyridine rings is 1. The van der Waals surface area contributed by atoms with Crippen LogP contribution in [-0.2, 0) is 16.9 Å². The predicted octanol–water partition coefficient (Wildman–Crippen LogP) is 4.58. The highest BCUT2D eigenvalue weighted by atomic mass is 35.5. The minimum absolute atomic E-state index is 0.0162. The number of Topliss-reactive ketones (excluding diaryl/α,β-unsaturated/α-hetero) is 1. The lowest BCUT2D eigenvalue weighted by Gasteiger charge is -2.32. The Balaban J connectivity index is 1.81. The standard InChI is InChI=1S/C18H16Cl2FNO2/c19-12-5-3-11(14(20)10-12)4-6-16(24)18(21)8-7-15(23)17-13(18)2-1-9-22-17/h1-3,5,9-10,15,23H,4,6-8H2. The van der Waals surface area contributed by atoms with Crippen molar-refractivity contribution in [2.75, 3.05) is 0 Å². The molecule has 1 N–H and O–H groups in total. The van der Waals surface area contributed by atoms with Gasteiger partial charge in [-0.3, -0.25) is 9.78 Å². The normalized spacial score (nSPS) is 22.9. The van der Waals surface area contributed by atoms with Crippen LogP contribution >= 0.6 is 23.2 Å². The van der Waals surface area contributed by atoms with Gasteiger partial charge in [0.15, 0.2) is 11.5 Å². The second-order valence-corrected chi connectivity index (χ2v) is 6.79. The van der Waals surface area contributed by atoms with Crippen LogP contribution in [-0.4, -0.2) is 15.9 Å². The number of carbonyl (C=O) groups is 1. The van der Waals surface area contributed by atoms with Crippen LogP contribution in [0.3, 0.4) is 0 Å². The molecule has 1 aliphatic carbocycles. The topological polar surface area (TPSA) is 50.2 Å². The van der Waals surface area contributed by atoms with E-state index < -0.39 is 17.6 Å². The summed E-state index contributed by atoms with van der Waals surface area (Å²) in [6.45, 7) is 0. The Morgan fingerprint density at radius 2 is 2.17 bits per heavy atom. The number of carbonyl (C=O) groups excluding carboxylic acids is 1. The molecule has 1 heterocycles. The number of hydrogen-bond donors (Lipinski definition) is 1. The number of nitrogens with zero attached hydrogens (tertiary/aromatic N) is 1. The van der Waals surface area contributed by atoms with Gasteiger partial charge in [0, 0.05) is 28.2 Å². The zero-order chi connectivity index (χ0) is 17.3. The molecule has 0 saturated heterocycles. The van der Waals surface area contributed by atoms with Gasteiger partial charge in [0.2, 0.25) is 0 Å². The fourth-order valence-corrected chi connectivity index (χ4v) is 3.59. The van der Waals surface area contributed by atoms with Gasteiger partial charge < -0.3 is 5.11 Å². The van der Waals surface area contributed by atoms with Crippen molar-refractivity contribution in [1.82, 2.24) is 4.98 Å². The average molecular weight is 368 g/mol. The van der Waals surface area contributed by atoms with Crippen molar-refractivity contribution in [2.24, 2.45) is 0 Å². The number of aliphatic hydroxyl groups excluding tert-OH is 1. The van der Waals surface area contributed by atoms with Gasteiger partial charge in [0.05, 0.1) is 11.8 Å². The number of hydrogen-bond acceptors (Lipinski definition) is 3. The van der Waals surface area contributed by atoms with Gasteiger partial charge in [0.1, 0.15) is 0 Å². The third kappa shape index (κ3) is 3.18. The molecule has 0 bridgehead atoms. The van der Waals surface area contributed by atoms with Crippen LogP contribution in [0.25, 0.3) is 0 Å². The molecule has 2 aromatic rings. The van der Waals surface area contributed by atoms with E-state index in [0.29, 0.717) is 16.5 Å². The Labute approximate surface area is 149 Å². The van der Waals surface area contributed by atoms with Crippen LogP contribution in [0.2, 0.25) is 10.0 Å². The van der Waals surface area contributed by atoms with Crippen molar-refractivity contribution in [3.8, 4) is 0 Å². The summed E-state index contributed by atoms with van der Waals surface area (Å²) in [7, 11) is 0.